The number of amides is 2. The zero-order valence-corrected chi connectivity index (χ0v) is 8.09. The second-order valence-electron chi connectivity index (χ2n) is 4.06. The number of nitrogens with zero attached hydrogens (tertiary/aromatic N) is 2. The van der Waals surface area contributed by atoms with Crippen LogP contribution in [0.3, 0.4) is 0 Å². The summed E-state index contributed by atoms with van der Waals surface area (Å²) in [6.45, 7) is 2.13. The maximum Gasteiger partial charge on any atom is 0.320 e. The number of hydrogen-bond acceptors (Lipinski definition) is 3. The molecule has 2 aliphatic rings. The highest BCUT2D eigenvalue weighted by atomic mass is 16.3. The summed E-state index contributed by atoms with van der Waals surface area (Å²) in [5.74, 6) is 0. The van der Waals surface area contributed by atoms with Gasteiger partial charge in [0, 0.05) is 26.2 Å². The average Bonchev–Trinajstić information content (AvgIpc) is 2.73. The number of urea groups is 1. The minimum Gasteiger partial charge on any atom is -0.391 e. The number of hydrogen-bond donors (Lipinski definition) is 2. The van der Waals surface area contributed by atoms with E-state index in [1.165, 1.54) is 0 Å². The smallest absolute Gasteiger partial charge is 0.320 e. The van der Waals surface area contributed by atoms with Gasteiger partial charge in [0.15, 0.2) is 0 Å². The Labute approximate surface area is 82.9 Å². The number of carbonyl (C=O) groups is 1. The number of carbonyl (C=O) groups excluding carboxylic acids is 1. The molecule has 5 nitrogen and oxygen atoms in total. The van der Waals surface area contributed by atoms with Gasteiger partial charge in [-0.05, 0) is 12.8 Å². The molecule has 5 heteroatoms. The summed E-state index contributed by atoms with van der Waals surface area (Å²) < 4.78 is 0. The summed E-state index contributed by atoms with van der Waals surface area (Å²) >= 11 is 0. The monoisotopic (exact) mass is 200 g/mol. The molecule has 0 bridgehead atoms. The first-order valence-electron chi connectivity index (χ1n) is 5.07. The van der Waals surface area contributed by atoms with Crippen molar-refractivity contribution in [3.63, 3.8) is 0 Å². The highest BCUT2D eigenvalue weighted by Crippen LogP contribution is 2.15. The predicted octanol–water partition coefficient (Wildman–Crippen LogP) is -0.760. The number of aliphatic hydroxyl groups is 2. The second-order valence-corrected chi connectivity index (χ2v) is 4.06. The van der Waals surface area contributed by atoms with Crippen LogP contribution in [0.4, 0.5) is 4.79 Å². The van der Waals surface area contributed by atoms with Crippen molar-refractivity contribution in [1.29, 1.82) is 0 Å². The lowest BCUT2D eigenvalue weighted by atomic mass is 10.3. The Kier molecular flexibility index (Phi) is 2.60. The molecule has 2 rings (SSSR count). The van der Waals surface area contributed by atoms with E-state index in [1.54, 1.807) is 9.80 Å². The molecule has 0 unspecified atom stereocenters. The Bertz CT molecular complexity index is 212. The van der Waals surface area contributed by atoms with Crippen molar-refractivity contribution in [2.24, 2.45) is 0 Å². The minimum atomic E-state index is -0.369. The zero-order valence-electron chi connectivity index (χ0n) is 8.09. The van der Waals surface area contributed by atoms with Crippen molar-refractivity contribution in [2.75, 3.05) is 26.2 Å². The van der Waals surface area contributed by atoms with Gasteiger partial charge in [-0.1, -0.05) is 0 Å². The molecule has 2 N–H and O–H groups in total. The lowest BCUT2D eigenvalue weighted by molar-refractivity contribution is 0.142. The predicted molar refractivity (Wildman–Crippen MR) is 49.8 cm³/mol. The Morgan fingerprint density at radius 2 is 1.43 bits per heavy atom. The van der Waals surface area contributed by atoms with Crippen molar-refractivity contribution in [3.05, 3.63) is 0 Å². The number of β-amino-alcohol motifs (C(OH)–C–C–N with tert-alkyl or cyclic N) is 2. The van der Waals surface area contributed by atoms with Crippen LogP contribution in [0.2, 0.25) is 0 Å². The third-order valence-corrected chi connectivity index (χ3v) is 2.87. The summed E-state index contributed by atoms with van der Waals surface area (Å²) in [5, 5.41) is 18.6. The van der Waals surface area contributed by atoms with Crippen LogP contribution in [0.1, 0.15) is 12.8 Å². The van der Waals surface area contributed by atoms with Crippen molar-refractivity contribution in [2.45, 2.75) is 25.0 Å². The quantitative estimate of drug-likeness (QED) is 0.540. The molecule has 0 radical (unpaired) electrons. The molecule has 14 heavy (non-hydrogen) atoms. The van der Waals surface area contributed by atoms with Crippen LogP contribution in [0.25, 0.3) is 0 Å². The van der Waals surface area contributed by atoms with Crippen molar-refractivity contribution < 1.29 is 15.0 Å². The lowest BCUT2D eigenvalue weighted by Gasteiger charge is -2.23. The largest absolute Gasteiger partial charge is 0.391 e. The van der Waals surface area contributed by atoms with E-state index < -0.39 is 0 Å². The molecular weight excluding hydrogens is 184 g/mol. The second kappa shape index (κ2) is 3.74. The fraction of sp³-hybridized carbons (Fsp3) is 0.889. The van der Waals surface area contributed by atoms with Gasteiger partial charge in [-0.15, -0.1) is 0 Å². The first-order valence-corrected chi connectivity index (χ1v) is 5.07. The first kappa shape index (κ1) is 9.73. The van der Waals surface area contributed by atoms with E-state index in [2.05, 4.69) is 0 Å². The summed E-state index contributed by atoms with van der Waals surface area (Å²) in [5.41, 5.74) is 0. The lowest BCUT2D eigenvalue weighted by Crippen LogP contribution is -2.41. The molecule has 2 fully saturated rings. The summed E-state index contributed by atoms with van der Waals surface area (Å²) in [6.07, 6.45) is 0.600. The molecular formula is C9H16N2O3. The van der Waals surface area contributed by atoms with Crippen LogP contribution in [0.5, 0.6) is 0 Å². The van der Waals surface area contributed by atoms with Gasteiger partial charge in [0.25, 0.3) is 0 Å². The maximum atomic E-state index is 11.8. The van der Waals surface area contributed by atoms with Crippen LogP contribution >= 0.6 is 0 Å². The number of likely N-dealkylation sites (tertiary alicyclic amines) is 2. The van der Waals surface area contributed by atoms with Gasteiger partial charge in [0.05, 0.1) is 12.2 Å². The molecule has 2 saturated heterocycles. The highest BCUT2D eigenvalue weighted by Gasteiger charge is 2.31. The van der Waals surface area contributed by atoms with Gasteiger partial charge < -0.3 is 20.0 Å². The van der Waals surface area contributed by atoms with E-state index in [0.29, 0.717) is 39.0 Å². The van der Waals surface area contributed by atoms with Crippen LogP contribution in [-0.4, -0.2) is 64.4 Å². The molecule has 2 amide bonds. The van der Waals surface area contributed by atoms with Crippen molar-refractivity contribution in [3.8, 4) is 0 Å². The zero-order chi connectivity index (χ0) is 10.1. The van der Waals surface area contributed by atoms with E-state index in [1.807, 2.05) is 0 Å². The van der Waals surface area contributed by atoms with Gasteiger partial charge in [-0.2, -0.15) is 0 Å². The third kappa shape index (κ3) is 1.83. The van der Waals surface area contributed by atoms with Gasteiger partial charge in [0.1, 0.15) is 0 Å². The molecule has 0 spiro atoms. The molecule has 2 heterocycles. The van der Waals surface area contributed by atoms with Crippen LogP contribution < -0.4 is 0 Å². The maximum absolute atomic E-state index is 11.8. The fourth-order valence-electron chi connectivity index (χ4n) is 2.03. The molecule has 0 saturated carbocycles. The Morgan fingerprint density at radius 1 is 1.00 bits per heavy atom. The first-order chi connectivity index (χ1) is 6.66. The standard InChI is InChI=1S/C9H16N2O3/c12-7-1-3-10(5-7)9(14)11-4-2-8(13)6-11/h7-8,12-13H,1-6H2/t7-,8-/m0/s1. The van der Waals surface area contributed by atoms with Crippen LogP contribution in [0.15, 0.2) is 0 Å². The molecule has 2 aliphatic heterocycles. The number of rotatable bonds is 0. The van der Waals surface area contributed by atoms with Crippen LogP contribution in [-0.2, 0) is 0 Å². The van der Waals surface area contributed by atoms with Gasteiger partial charge >= 0.3 is 6.03 Å². The van der Waals surface area contributed by atoms with E-state index in [4.69, 9.17) is 0 Å². The molecule has 0 aliphatic carbocycles. The highest BCUT2D eigenvalue weighted by molar-refractivity contribution is 5.75. The van der Waals surface area contributed by atoms with Crippen molar-refractivity contribution in [1.82, 2.24) is 9.80 Å². The Hall–Kier alpha value is -0.810. The van der Waals surface area contributed by atoms with E-state index >= 15 is 0 Å². The minimum absolute atomic E-state index is 0.0434. The third-order valence-electron chi connectivity index (χ3n) is 2.87. The topological polar surface area (TPSA) is 64.0 Å². The summed E-state index contributed by atoms with van der Waals surface area (Å²) in [6, 6.07) is -0.0434. The molecule has 2 atom stereocenters. The van der Waals surface area contributed by atoms with Gasteiger partial charge in [-0.3, -0.25) is 0 Å². The molecule has 80 valence electrons. The summed E-state index contributed by atoms with van der Waals surface area (Å²) in [4.78, 5) is 15.1. The van der Waals surface area contributed by atoms with E-state index in [-0.39, 0.29) is 18.2 Å². The molecule has 0 aromatic rings. The van der Waals surface area contributed by atoms with E-state index in [9.17, 15) is 15.0 Å². The average molecular weight is 200 g/mol. The number of aliphatic hydroxyl groups excluding tert-OH is 2. The van der Waals surface area contributed by atoms with Crippen molar-refractivity contribution >= 4 is 6.03 Å². The Morgan fingerprint density at radius 3 is 1.71 bits per heavy atom. The SMILES string of the molecule is O=C(N1CC[C@H](O)C1)N1CC[C@H](O)C1. The van der Waals surface area contributed by atoms with Gasteiger partial charge in [-0.25, -0.2) is 4.79 Å². The summed E-state index contributed by atoms with van der Waals surface area (Å²) in [7, 11) is 0. The Balaban J connectivity index is 1.89. The van der Waals surface area contributed by atoms with Gasteiger partial charge in [0.2, 0.25) is 0 Å². The molecule has 0 aromatic carbocycles. The molecule has 0 aromatic heterocycles. The van der Waals surface area contributed by atoms with E-state index in [0.717, 1.165) is 0 Å². The normalized spacial score (nSPS) is 32.7. The fourth-order valence-corrected chi connectivity index (χ4v) is 2.03. The van der Waals surface area contributed by atoms with Crippen LogP contribution in [0, 0.1) is 0 Å².